The minimum Gasteiger partial charge on any atom is -0.396 e. The van der Waals surface area contributed by atoms with E-state index < -0.39 is 0 Å². The number of thioether (sulfide) groups is 1. The van der Waals surface area contributed by atoms with Crippen molar-refractivity contribution in [3.8, 4) is 0 Å². The molecular formula is C11H25NOS. The van der Waals surface area contributed by atoms with Crippen LogP contribution in [0.3, 0.4) is 0 Å². The van der Waals surface area contributed by atoms with Crippen molar-refractivity contribution in [1.82, 2.24) is 5.32 Å². The van der Waals surface area contributed by atoms with Gasteiger partial charge in [0.25, 0.3) is 0 Å². The monoisotopic (exact) mass is 219 g/mol. The zero-order valence-corrected chi connectivity index (χ0v) is 10.6. The molecule has 0 aromatic carbocycles. The molecule has 2 nitrogen and oxygen atoms in total. The Labute approximate surface area is 92.9 Å². The Morgan fingerprint density at radius 2 is 2.07 bits per heavy atom. The van der Waals surface area contributed by atoms with Crippen molar-refractivity contribution in [2.45, 2.75) is 39.7 Å². The van der Waals surface area contributed by atoms with Gasteiger partial charge in [0, 0.05) is 18.4 Å². The first-order valence-electron chi connectivity index (χ1n) is 5.68. The molecule has 0 aromatic heterocycles. The van der Waals surface area contributed by atoms with E-state index in [-0.39, 0.29) is 0 Å². The number of aliphatic hydroxyl groups is 1. The third-order valence-electron chi connectivity index (χ3n) is 2.54. The lowest BCUT2D eigenvalue weighted by Crippen LogP contribution is -2.36. The maximum atomic E-state index is 8.66. The second kappa shape index (κ2) is 9.81. The van der Waals surface area contributed by atoms with Gasteiger partial charge in [-0.2, -0.15) is 11.8 Å². The number of nitrogens with one attached hydrogen (secondary N) is 1. The zero-order valence-electron chi connectivity index (χ0n) is 9.75. The highest BCUT2D eigenvalue weighted by Crippen LogP contribution is 2.14. The predicted octanol–water partition coefficient (Wildman–Crippen LogP) is 2.13. The number of hydrogen-bond acceptors (Lipinski definition) is 3. The van der Waals surface area contributed by atoms with Crippen molar-refractivity contribution in [2.75, 3.05) is 24.7 Å². The molecule has 0 spiro atoms. The molecule has 0 aromatic rings. The molecule has 0 rings (SSSR count). The average Bonchev–Trinajstić information content (AvgIpc) is 2.21. The second-order valence-corrected chi connectivity index (χ2v) is 4.85. The molecule has 86 valence electrons. The molecule has 0 saturated heterocycles. The van der Waals surface area contributed by atoms with Crippen molar-refractivity contribution < 1.29 is 5.11 Å². The first-order chi connectivity index (χ1) is 6.76. The zero-order chi connectivity index (χ0) is 10.8. The first kappa shape index (κ1) is 14.3. The van der Waals surface area contributed by atoms with Gasteiger partial charge < -0.3 is 10.4 Å². The standard InChI is InChI=1S/C11H25NOS/c1-4-10(3)11(12-5-2)9-14-8-6-7-13/h10-13H,4-9H2,1-3H3. The molecule has 0 amide bonds. The fraction of sp³-hybridized carbons (Fsp3) is 1.00. The maximum Gasteiger partial charge on any atom is 0.0438 e. The van der Waals surface area contributed by atoms with Crippen molar-refractivity contribution in [1.29, 1.82) is 0 Å². The van der Waals surface area contributed by atoms with Crippen LogP contribution in [0.5, 0.6) is 0 Å². The molecule has 0 fully saturated rings. The van der Waals surface area contributed by atoms with Crippen LogP contribution in [0.25, 0.3) is 0 Å². The van der Waals surface area contributed by atoms with Crippen LogP contribution in [0.15, 0.2) is 0 Å². The molecule has 0 aliphatic heterocycles. The molecule has 0 radical (unpaired) electrons. The second-order valence-electron chi connectivity index (χ2n) is 3.70. The van der Waals surface area contributed by atoms with Crippen LogP contribution >= 0.6 is 11.8 Å². The Hall–Kier alpha value is 0.270. The van der Waals surface area contributed by atoms with Crippen LogP contribution < -0.4 is 5.32 Å². The predicted molar refractivity (Wildman–Crippen MR) is 65.9 cm³/mol. The Kier molecular flexibility index (Phi) is 10.0. The molecule has 0 saturated carbocycles. The Morgan fingerprint density at radius 1 is 1.36 bits per heavy atom. The van der Waals surface area contributed by atoms with E-state index in [0.29, 0.717) is 12.6 Å². The minimum atomic E-state index is 0.322. The van der Waals surface area contributed by atoms with E-state index in [1.165, 1.54) is 12.2 Å². The summed E-state index contributed by atoms with van der Waals surface area (Å²) in [7, 11) is 0. The molecule has 3 heteroatoms. The van der Waals surface area contributed by atoms with E-state index in [2.05, 4.69) is 26.1 Å². The molecule has 0 bridgehead atoms. The highest BCUT2D eigenvalue weighted by atomic mass is 32.2. The Balaban J connectivity index is 3.61. The largest absolute Gasteiger partial charge is 0.396 e. The highest BCUT2D eigenvalue weighted by molar-refractivity contribution is 7.99. The van der Waals surface area contributed by atoms with E-state index in [1.54, 1.807) is 0 Å². The maximum absolute atomic E-state index is 8.66. The lowest BCUT2D eigenvalue weighted by molar-refractivity contribution is 0.296. The summed E-state index contributed by atoms with van der Waals surface area (Å²) in [4.78, 5) is 0. The van der Waals surface area contributed by atoms with Crippen molar-refractivity contribution in [2.24, 2.45) is 5.92 Å². The van der Waals surface area contributed by atoms with Gasteiger partial charge >= 0.3 is 0 Å². The van der Waals surface area contributed by atoms with Crippen LogP contribution in [0, 0.1) is 5.92 Å². The van der Waals surface area contributed by atoms with Crippen LogP contribution in [-0.4, -0.2) is 35.8 Å². The molecule has 2 unspecified atom stereocenters. The van der Waals surface area contributed by atoms with E-state index in [9.17, 15) is 0 Å². The fourth-order valence-corrected chi connectivity index (χ4v) is 2.55. The van der Waals surface area contributed by atoms with Gasteiger partial charge in [-0.05, 0) is 24.6 Å². The summed E-state index contributed by atoms with van der Waals surface area (Å²) in [6.07, 6.45) is 2.16. The summed E-state index contributed by atoms with van der Waals surface area (Å²) >= 11 is 1.95. The molecule has 0 aliphatic rings. The summed E-state index contributed by atoms with van der Waals surface area (Å²) in [5.41, 5.74) is 0. The summed E-state index contributed by atoms with van der Waals surface area (Å²) in [6.45, 7) is 8.08. The van der Waals surface area contributed by atoms with E-state index in [0.717, 1.165) is 24.6 Å². The minimum absolute atomic E-state index is 0.322. The molecule has 14 heavy (non-hydrogen) atoms. The van der Waals surface area contributed by atoms with Gasteiger partial charge in [0.15, 0.2) is 0 Å². The third-order valence-corrected chi connectivity index (χ3v) is 3.71. The fourth-order valence-electron chi connectivity index (χ4n) is 1.35. The van der Waals surface area contributed by atoms with Crippen LogP contribution in [0.4, 0.5) is 0 Å². The normalized spacial score (nSPS) is 15.4. The lowest BCUT2D eigenvalue weighted by Gasteiger charge is -2.23. The van der Waals surface area contributed by atoms with Crippen molar-refractivity contribution in [3.05, 3.63) is 0 Å². The number of rotatable bonds is 9. The van der Waals surface area contributed by atoms with Crippen LogP contribution in [0.2, 0.25) is 0 Å². The third kappa shape index (κ3) is 6.68. The van der Waals surface area contributed by atoms with Gasteiger partial charge in [-0.3, -0.25) is 0 Å². The molecule has 0 aliphatic carbocycles. The van der Waals surface area contributed by atoms with Gasteiger partial charge in [-0.15, -0.1) is 0 Å². The van der Waals surface area contributed by atoms with Crippen LogP contribution in [-0.2, 0) is 0 Å². The highest BCUT2D eigenvalue weighted by Gasteiger charge is 2.13. The van der Waals surface area contributed by atoms with Gasteiger partial charge in [0.2, 0.25) is 0 Å². The number of aliphatic hydroxyl groups excluding tert-OH is 1. The van der Waals surface area contributed by atoms with Gasteiger partial charge in [-0.1, -0.05) is 27.2 Å². The lowest BCUT2D eigenvalue weighted by atomic mass is 10.0. The molecular weight excluding hydrogens is 194 g/mol. The molecule has 2 atom stereocenters. The average molecular weight is 219 g/mol. The van der Waals surface area contributed by atoms with Gasteiger partial charge in [-0.25, -0.2) is 0 Å². The van der Waals surface area contributed by atoms with Gasteiger partial charge in [0.1, 0.15) is 0 Å². The summed E-state index contributed by atoms with van der Waals surface area (Å²) in [5.74, 6) is 2.99. The number of hydrogen-bond donors (Lipinski definition) is 2. The SMILES string of the molecule is CCNC(CSCCCO)C(C)CC. The van der Waals surface area contributed by atoms with Gasteiger partial charge in [0.05, 0.1) is 0 Å². The Morgan fingerprint density at radius 3 is 2.57 bits per heavy atom. The first-order valence-corrected chi connectivity index (χ1v) is 6.83. The summed E-state index contributed by atoms with van der Waals surface area (Å²) < 4.78 is 0. The van der Waals surface area contributed by atoms with Crippen LogP contribution in [0.1, 0.15) is 33.6 Å². The smallest absolute Gasteiger partial charge is 0.0438 e. The topological polar surface area (TPSA) is 32.3 Å². The van der Waals surface area contributed by atoms with Crippen molar-refractivity contribution >= 4 is 11.8 Å². The summed E-state index contributed by atoms with van der Waals surface area (Å²) in [6, 6.07) is 0.633. The van der Waals surface area contributed by atoms with E-state index in [1.807, 2.05) is 11.8 Å². The quantitative estimate of drug-likeness (QED) is 0.583. The summed E-state index contributed by atoms with van der Waals surface area (Å²) in [5, 5.41) is 12.2. The van der Waals surface area contributed by atoms with E-state index >= 15 is 0 Å². The van der Waals surface area contributed by atoms with E-state index in [4.69, 9.17) is 5.11 Å². The molecule has 2 N–H and O–H groups in total. The molecule has 0 heterocycles. The Bertz CT molecular complexity index is 122. The van der Waals surface area contributed by atoms with Crippen molar-refractivity contribution in [3.63, 3.8) is 0 Å².